The van der Waals surface area contributed by atoms with Gasteiger partial charge in [0, 0.05) is 18.8 Å². The topological polar surface area (TPSA) is 38.1 Å². The number of halogens is 3. The summed E-state index contributed by atoms with van der Waals surface area (Å²) < 4.78 is 41.4. The van der Waals surface area contributed by atoms with Crippen LogP contribution in [-0.2, 0) is 13.5 Å². The van der Waals surface area contributed by atoms with Crippen molar-refractivity contribution in [2.45, 2.75) is 38.7 Å². The molecule has 7 heteroatoms. The van der Waals surface area contributed by atoms with Gasteiger partial charge in [0.25, 0.3) is 12.3 Å². The third kappa shape index (κ3) is 2.79. The quantitative estimate of drug-likeness (QED) is 0.831. The molecule has 1 fully saturated rings. The molecule has 0 atom stereocenters. The van der Waals surface area contributed by atoms with E-state index in [1.807, 2.05) is 19.1 Å². The summed E-state index contributed by atoms with van der Waals surface area (Å²) in [6, 6.07) is 7.20. The summed E-state index contributed by atoms with van der Waals surface area (Å²) in [4.78, 5) is 14.4. The zero-order valence-electron chi connectivity index (χ0n) is 13.5. The Labute approximate surface area is 137 Å². The Morgan fingerprint density at radius 3 is 2.62 bits per heavy atom. The number of alkyl halides is 2. The summed E-state index contributed by atoms with van der Waals surface area (Å²) in [6.45, 7) is 1.95. The smallest absolute Gasteiger partial charge is 0.283 e. The Morgan fingerprint density at radius 1 is 1.38 bits per heavy atom. The minimum absolute atomic E-state index is 0.0877. The number of hydrogen-bond acceptors (Lipinski definition) is 2. The van der Waals surface area contributed by atoms with E-state index in [2.05, 4.69) is 5.10 Å². The van der Waals surface area contributed by atoms with Crippen LogP contribution in [0.2, 0.25) is 0 Å². The Balaban J connectivity index is 2.10. The van der Waals surface area contributed by atoms with Crippen LogP contribution < -0.4 is 4.90 Å². The van der Waals surface area contributed by atoms with Crippen LogP contribution in [0, 0.1) is 5.95 Å². The first-order chi connectivity index (χ1) is 11.5. The largest absolute Gasteiger partial charge is 0.305 e. The molecule has 0 aliphatic heterocycles. The van der Waals surface area contributed by atoms with E-state index in [-0.39, 0.29) is 6.04 Å². The molecule has 128 valence electrons. The number of aromatic nitrogens is 2. The summed E-state index contributed by atoms with van der Waals surface area (Å²) in [7, 11) is 1.21. The van der Waals surface area contributed by atoms with Crippen molar-refractivity contribution in [3.63, 3.8) is 0 Å². The average Bonchev–Trinajstić information content (AvgIpc) is 3.34. The fourth-order valence-corrected chi connectivity index (χ4v) is 2.84. The highest BCUT2D eigenvalue weighted by Crippen LogP contribution is 2.36. The van der Waals surface area contributed by atoms with Gasteiger partial charge in [-0.3, -0.25) is 4.79 Å². The first-order valence-corrected chi connectivity index (χ1v) is 7.87. The molecular weight excluding hydrogens is 319 g/mol. The molecule has 24 heavy (non-hydrogen) atoms. The summed E-state index contributed by atoms with van der Waals surface area (Å²) >= 11 is 0. The molecule has 1 saturated carbocycles. The Morgan fingerprint density at radius 2 is 2.04 bits per heavy atom. The number of carbonyl (C=O) groups is 1. The van der Waals surface area contributed by atoms with Crippen molar-refractivity contribution in [2.24, 2.45) is 7.05 Å². The summed E-state index contributed by atoms with van der Waals surface area (Å²) in [5, 5.41) is 3.47. The van der Waals surface area contributed by atoms with E-state index in [9.17, 15) is 18.0 Å². The van der Waals surface area contributed by atoms with Gasteiger partial charge in [0.05, 0.1) is 0 Å². The van der Waals surface area contributed by atoms with Crippen LogP contribution >= 0.6 is 0 Å². The van der Waals surface area contributed by atoms with Crippen molar-refractivity contribution >= 4 is 11.6 Å². The lowest BCUT2D eigenvalue weighted by Crippen LogP contribution is -2.35. The van der Waals surface area contributed by atoms with Crippen LogP contribution in [-0.4, -0.2) is 21.7 Å². The second kappa shape index (κ2) is 6.30. The zero-order valence-corrected chi connectivity index (χ0v) is 13.5. The highest BCUT2D eigenvalue weighted by molar-refractivity contribution is 6.08. The fourth-order valence-electron chi connectivity index (χ4n) is 2.84. The molecule has 4 nitrogen and oxygen atoms in total. The summed E-state index contributed by atoms with van der Waals surface area (Å²) in [6.07, 6.45) is -0.781. The van der Waals surface area contributed by atoms with E-state index >= 15 is 0 Å². The summed E-state index contributed by atoms with van der Waals surface area (Å²) in [5.74, 6) is -1.78. The van der Waals surface area contributed by atoms with Crippen molar-refractivity contribution in [3.05, 3.63) is 47.0 Å². The van der Waals surface area contributed by atoms with Gasteiger partial charge in [0.2, 0.25) is 5.95 Å². The predicted octanol–water partition coefficient (Wildman–Crippen LogP) is 3.87. The lowest BCUT2D eigenvalue weighted by atomic mass is 10.1. The van der Waals surface area contributed by atoms with E-state index in [1.165, 1.54) is 11.9 Å². The SMILES string of the molecule is CCc1ccccc1N(C(=O)c1c(C(F)F)nn(C)c1F)C1CC1. The molecule has 0 N–H and O–H groups in total. The molecule has 1 aliphatic rings. The molecule has 1 amide bonds. The third-order valence-corrected chi connectivity index (χ3v) is 4.19. The number of anilines is 1. The lowest BCUT2D eigenvalue weighted by Gasteiger charge is -2.25. The van der Waals surface area contributed by atoms with Crippen LogP contribution in [0.3, 0.4) is 0 Å². The predicted molar refractivity (Wildman–Crippen MR) is 83.8 cm³/mol. The standard InChI is InChI=1S/C17H18F3N3O/c1-3-10-6-4-5-7-12(10)23(11-8-9-11)17(24)13-14(15(18)19)21-22(2)16(13)20/h4-7,11,15H,3,8-9H2,1-2H3. The fraction of sp³-hybridized carbons (Fsp3) is 0.412. The van der Waals surface area contributed by atoms with Gasteiger partial charge in [-0.2, -0.15) is 9.49 Å². The van der Waals surface area contributed by atoms with E-state index in [0.717, 1.165) is 18.4 Å². The van der Waals surface area contributed by atoms with Crippen molar-refractivity contribution in [1.29, 1.82) is 0 Å². The highest BCUT2D eigenvalue weighted by Gasteiger charge is 2.39. The Kier molecular flexibility index (Phi) is 4.34. The van der Waals surface area contributed by atoms with Crippen molar-refractivity contribution in [3.8, 4) is 0 Å². The Hall–Kier alpha value is -2.31. The van der Waals surface area contributed by atoms with Crippen molar-refractivity contribution < 1.29 is 18.0 Å². The average molecular weight is 337 g/mol. The number of nitrogens with zero attached hydrogens (tertiary/aromatic N) is 3. The molecule has 2 aromatic rings. The van der Waals surface area contributed by atoms with Crippen LogP contribution in [0.5, 0.6) is 0 Å². The first-order valence-electron chi connectivity index (χ1n) is 7.87. The van der Waals surface area contributed by atoms with E-state index in [0.29, 0.717) is 16.8 Å². The van der Waals surface area contributed by atoms with E-state index < -0.39 is 29.5 Å². The number of amides is 1. The molecule has 1 aromatic carbocycles. The maximum absolute atomic E-state index is 14.3. The molecule has 0 spiro atoms. The second-order valence-electron chi connectivity index (χ2n) is 5.86. The maximum atomic E-state index is 14.3. The van der Waals surface area contributed by atoms with Gasteiger partial charge < -0.3 is 4.90 Å². The second-order valence-corrected chi connectivity index (χ2v) is 5.86. The van der Waals surface area contributed by atoms with Gasteiger partial charge in [0.15, 0.2) is 0 Å². The zero-order chi connectivity index (χ0) is 17.4. The lowest BCUT2D eigenvalue weighted by molar-refractivity contribution is 0.0965. The van der Waals surface area contributed by atoms with Crippen LogP contribution in [0.25, 0.3) is 0 Å². The first kappa shape index (κ1) is 16.5. The number of rotatable bonds is 5. The van der Waals surface area contributed by atoms with Gasteiger partial charge >= 0.3 is 0 Å². The van der Waals surface area contributed by atoms with Gasteiger partial charge in [-0.05, 0) is 30.9 Å². The minimum Gasteiger partial charge on any atom is -0.305 e. The minimum atomic E-state index is -3.01. The number of benzene rings is 1. The molecule has 1 heterocycles. The number of carbonyl (C=O) groups excluding carboxylic acids is 1. The normalized spacial score (nSPS) is 14.2. The third-order valence-electron chi connectivity index (χ3n) is 4.19. The molecule has 0 radical (unpaired) electrons. The van der Waals surface area contributed by atoms with Crippen molar-refractivity contribution in [2.75, 3.05) is 4.90 Å². The summed E-state index contributed by atoms with van der Waals surface area (Å²) in [5.41, 5.74) is 0.126. The molecule has 3 rings (SSSR count). The van der Waals surface area contributed by atoms with E-state index in [4.69, 9.17) is 0 Å². The van der Waals surface area contributed by atoms with Crippen LogP contribution in [0.4, 0.5) is 18.9 Å². The molecular formula is C17H18F3N3O. The van der Waals surface area contributed by atoms with E-state index in [1.54, 1.807) is 12.1 Å². The molecule has 1 aromatic heterocycles. The number of hydrogen-bond donors (Lipinski definition) is 0. The van der Waals surface area contributed by atoms with Crippen LogP contribution in [0.1, 0.15) is 47.8 Å². The number of aryl methyl sites for hydroxylation is 2. The van der Waals surface area contributed by atoms with Gasteiger partial charge in [0.1, 0.15) is 11.3 Å². The van der Waals surface area contributed by atoms with Gasteiger partial charge in [-0.1, -0.05) is 25.1 Å². The number of para-hydroxylation sites is 1. The molecule has 0 bridgehead atoms. The Bertz CT molecular complexity index is 768. The van der Waals surface area contributed by atoms with Crippen molar-refractivity contribution in [1.82, 2.24) is 9.78 Å². The molecule has 0 unspecified atom stereocenters. The molecule has 1 aliphatic carbocycles. The van der Waals surface area contributed by atoms with Gasteiger partial charge in [-0.15, -0.1) is 0 Å². The maximum Gasteiger partial charge on any atom is 0.283 e. The highest BCUT2D eigenvalue weighted by atomic mass is 19.3. The van der Waals surface area contributed by atoms with Gasteiger partial charge in [-0.25, -0.2) is 13.5 Å². The molecule has 0 saturated heterocycles. The monoisotopic (exact) mass is 337 g/mol. The van der Waals surface area contributed by atoms with Crippen LogP contribution in [0.15, 0.2) is 24.3 Å².